The number of rotatable bonds is 5. The number of aliphatic carboxylic acids is 1. The highest BCUT2D eigenvalue weighted by atomic mass is 16.4. The van der Waals surface area contributed by atoms with Crippen molar-refractivity contribution in [3.63, 3.8) is 0 Å². The first-order valence-electron chi connectivity index (χ1n) is 4.72. The second kappa shape index (κ2) is 5.80. The summed E-state index contributed by atoms with van der Waals surface area (Å²) in [5.41, 5.74) is 0.964. The lowest BCUT2D eigenvalue weighted by Gasteiger charge is -2.00. The number of hydrogen-bond acceptors (Lipinski definition) is 3. The molecule has 0 bridgehead atoms. The Bertz CT molecular complexity index is 346. The fourth-order valence-corrected chi connectivity index (χ4v) is 1.30. The largest absolute Gasteiger partial charge is 0.477 e. The van der Waals surface area contributed by atoms with Crippen LogP contribution in [0.3, 0.4) is 0 Å². The zero-order chi connectivity index (χ0) is 11.1. The first-order chi connectivity index (χ1) is 7.24. The monoisotopic (exact) mass is 207 g/mol. The normalized spacial score (nSPS) is 11.3. The van der Waals surface area contributed by atoms with Gasteiger partial charge in [0.15, 0.2) is 5.71 Å². The third kappa shape index (κ3) is 3.81. The molecule has 1 aromatic rings. The molecule has 0 radical (unpaired) electrons. The number of nitrogens with zero attached hydrogens (tertiary/aromatic N) is 1. The molecule has 0 aliphatic rings. The number of carbonyl (C=O) groups is 1. The van der Waals surface area contributed by atoms with E-state index in [1.807, 2.05) is 30.3 Å². The third-order valence-corrected chi connectivity index (χ3v) is 2.09. The molecule has 1 aromatic carbocycles. The van der Waals surface area contributed by atoms with Gasteiger partial charge in [-0.2, -0.15) is 0 Å². The van der Waals surface area contributed by atoms with Gasteiger partial charge in [-0.1, -0.05) is 35.5 Å². The van der Waals surface area contributed by atoms with Crippen LogP contribution in [0.1, 0.15) is 18.4 Å². The van der Waals surface area contributed by atoms with Crippen LogP contribution in [0.2, 0.25) is 0 Å². The Balaban J connectivity index is 2.37. The molecule has 1 rings (SSSR count). The number of carboxylic acid groups (broad SMARTS) is 1. The van der Waals surface area contributed by atoms with Crippen LogP contribution in [0.5, 0.6) is 0 Å². The number of benzene rings is 1. The molecule has 80 valence electrons. The second-order valence-corrected chi connectivity index (χ2v) is 3.19. The molecule has 0 aromatic heterocycles. The van der Waals surface area contributed by atoms with E-state index >= 15 is 0 Å². The predicted molar refractivity (Wildman–Crippen MR) is 56.2 cm³/mol. The van der Waals surface area contributed by atoms with Crippen molar-refractivity contribution in [1.82, 2.24) is 0 Å². The van der Waals surface area contributed by atoms with Gasteiger partial charge in [0.2, 0.25) is 0 Å². The van der Waals surface area contributed by atoms with Gasteiger partial charge in [-0.05, 0) is 18.4 Å². The smallest absolute Gasteiger partial charge is 0.353 e. The standard InChI is InChI=1S/C11H13NO3/c13-11(14)10(12-15)8-4-7-9-5-2-1-3-6-9/h1-3,5-6,15H,4,7-8H2,(H,13,14)/b12-10-. The Kier molecular flexibility index (Phi) is 4.34. The predicted octanol–water partition coefficient (Wildman–Crippen LogP) is 1.92. The second-order valence-electron chi connectivity index (χ2n) is 3.19. The molecule has 2 N–H and O–H groups in total. The molecule has 0 amide bonds. The summed E-state index contributed by atoms with van der Waals surface area (Å²) in [6, 6.07) is 9.77. The summed E-state index contributed by atoms with van der Waals surface area (Å²) in [4.78, 5) is 10.5. The highest BCUT2D eigenvalue weighted by molar-refractivity contribution is 6.35. The minimum Gasteiger partial charge on any atom is -0.477 e. The number of carboxylic acids is 1. The Morgan fingerprint density at radius 1 is 1.27 bits per heavy atom. The van der Waals surface area contributed by atoms with Gasteiger partial charge in [-0.25, -0.2) is 4.79 Å². The highest BCUT2D eigenvalue weighted by Gasteiger charge is 2.08. The summed E-state index contributed by atoms with van der Waals surface area (Å²) in [6.45, 7) is 0. The minimum absolute atomic E-state index is 0.189. The first-order valence-corrected chi connectivity index (χ1v) is 4.72. The van der Waals surface area contributed by atoms with Crippen LogP contribution < -0.4 is 0 Å². The van der Waals surface area contributed by atoms with Crippen LogP contribution in [-0.4, -0.2) is 22.0 Å². The van der Waals surface area contributed by atoms with Crippen LogP contribution in [-0.2, 0) is 11.2 Å². The molecule has 0 aliphatic carbocycles. The van der Waals surface area contributed by atoms with Gasteiger partial charge in [-0.15, -0.1) is 0 Å². The van der Waals surface area contributed by atoms with Gasteiger partial charge in [0.1, 0.15) is 0 Å². The molecule has 0 aliphatic heterocycles. The van der Waals surface area contributed by atoms with Gasteiger partial charge in [-0.3, -0.25) is 0 Å². The Hall–Kier alpha value is -1.84. The van der Waals surface area contributed by atoms with Crippen molar-refractivity contribution >= 4 is 11.7 Å². The third-order valence-electron chi connectivity index (χ3n) is 2.09. The fraction of sp³-hybridized carbons (Fsp3) is 0.273. The zero-order valence-electron chi connectivity index (χ0n) is 8.26. The molecule has 0 saturated heterocycles. The zero-order valence-corrected chi connectivity index (χ0v) is 8.26. The molecule has 4 nitrogen and oxygen atoms in total. The maximum Gasteiger partial charge on any atom is 0.353 e. The van der Waals surface area contributed by atoms with E-state index in [1.54, 1.807) is 0 Å². The molecular formula is C11H13NO3. The van der Waals surface area contributed by atoms with Crippen LogP contribution in [0, 0.1) is 0 Å². The van der Waals surface area contributed by atoms with Crippen molar-refractivity contribution in [3.8, 4) is 0 Å². The van der Waals surface area contributed by atoms with Crippen molar-refractivity contribution in [3.05, 3.63) is 35.9 Å². The molecule has 0 unspecified atom stereocenters. The van der Waals surface area contributed by atoms with E-state index in [2.05, 4.69) is 5.16 Å². The SMILES string of the molecule is O=C(O)/C(CCCc1ccccc1)=N\O. The summed E-state index contributed by atoms with van der Waals surface area (Å²) < 4.78 is 0. The topological polar surface area (TPSA) is 69.9 Å². The fourth-order valence-electron chi connectivity index (χ4n) is 1.30. The van der Waals surface area contributed by atoms with E-state index < -0.39 is 5.97 Å². The lowest BCUT2D eigenvalue weighted by atomic mass is 10.1. The summed E-state index contributed by atoms with van der Waals surface area (Å²) in [7, 11) is 0. The molecule has 0 saturated carbocycles. The summed E-state index contributed by atoms with van der Waals surface area (Å²) in [6.07, 6.45) is 1.73. The molecule has 0 atom stereocenters. The van der Waals surface area contributed by atoms with E-state index in [4.69, 9.17) is 10.3 Å². The quantitative estimate of drug-likeness (QED) is 0.440. The molecule has 15 heavy (non-hydrogen) atoms. The van der Waals surface area contributed by atoms with E-state index in [-0.39, 0.29) is 12.1 Å². The highest BCUT2D eigenvalue weighted by Crippen LogP contribution is 2.05. The van der Waals surface area contributed by atoms with Gasteiger partial charge in [0, 0.05) is 6.42 Å². The number of hydrogen-bond donors (Lipinski definition) is 2. The van der Waals surface area contributed by atoms with E-state index in [9.17, 15) is 4.79 Å². The molecule has 4 heteroatoms. The van der Waals surface area contributed by atoms with Crippen molar-refractivity contribution in [2.75, 3.05) is 0 Å². The number of oxime groups is 1. The van der Waals surface area contributed by atoms with Crippen LogP contribution in [0.25, 0.3) is 0 Å². The maximum absolute atomic E-state index is 10.5. The summed E-state index contributed by atoms with van der Waals surface area (Å²) >= 11 is 0. The van der Waals surface area contributed by atoms with E-state index in [0.717, 1.165) is 12.0 Å². The van der Waals surface area contributed by atoms with Crippen molar-refractivity contribution < 1.29 is 15.1 Å². The Morgan fingerprint density at radius 3 is 2.47 bits per heavy atom. The van der Waals surface area contributed by atoms with Gasteiger partial charge < -0.3 is 10.3 Å². The Labute approximate surface area is 87.9 Å². The average Bonchev–Trinajstić information content (AvgIpc) is 2.25. The van der Waals surface area contributed by atoms with Gasteiger partial charge in [0.25, 0.3) is 0 Å². The van der Waals surface area contributed by atoms with E-state index in [0.29, 0.717) is 6.42 Å². The Morgan fingerprint density at radius 2 is 1.93 bits per heavy atom. The van der Waals surface area contributed by atoms with Crippen LogP contribution in [0.4, 0.5) is 0 Å². The molecular weight excluding hydrogens is 194 g/mol. The average molecular weight is 207 g/mol. The van der Waals surface area contributed by atoms with Crippen molar-refractivity contribution in [1.29, 1.82) is 0 Å². The van der Waals surface area contributed by atoms with E-state index in [1.165, 1.54) is 0 Å². The lowest BCUT2D eigenvalue weighted by Crippen LogP contribution is -2.12. The van der Waals surface area contributed by atoms with Crippen molar-refractivity contribution in [2.45, 2.75) is 19.3 Å². The molecule has 0 heterocycles. The molecule has 0 spiro atoms. The number of aryl methyl sites for hydroxylation is 1. The van der Waals surface area contributed by atoms with Gasteiger partial charge >= 0.3 is 5.97 Å². The molecule has 0 fully saturated rings. The first kappa shape index (κ1) is 11.2. The minimum atomic E-state index is -1.16. The summed E-state index contributed by atoms with van der Waals surface area (Å²) in [5, 5.41) is 19.7. The van der Waals surface area contributed by atoms with Gasteiger partial charge in [0.05, 0.1) is 0 Å². The van der Waals surface area contributed by atoms with Crippen LogP contribution in [0.15, 0.2) is 35.5 Å². The van der Waals surface area contributed by atoms with Crippen molar-refractivity contribution in [2.24, 2.45) is 5.16 Å². The summed E-state index contributed by atoms with van der Waals surface area (Å²) in [5.74, 6) is -1.16. The lowest BCUT2D eigenvalue weighted by molar-refractivity contribution is -0.129. The van der Waals surface area contributed by atoms with Crippen LogP contribution >= 0.6 is 0 Å². The maximum atomic E-state index is 10.5.